The maximum Gasteiger partial charge on any atom is 0.417 e. The standard InChI is InChI=1S/C15H18ClF3N2O/c1-10-4-6-21(7-5-10)9-14(22)20-11-2-3-13(16)12(8-11)15(17,18)19/h2-3,8,10H,4-7,9H2,1H3,(H,20,22)/p+1. The molecule has 122 valence electrons. The molecule has 7 heteroatoms. The molecule has 1 aliphatic heterocycles. The van der Waals surface area contributed by atoms with E-state index >= 15 is 0 Å². The van der Waals surface area contributed by atoms with Crippen LogP contribution in [-0.4, -0.2) is 25.5 Å². The molecule has 0 aliphatic carbocycles. The van der Waals surface area contributed by atoms with Crippen LogP contribution in [0.4, 0.5) is 18.9 Å². The highest BCUT2D eigenvalue weighted by Gasteiger charge is 2.33. The van der Waals surface area contributed by atoms with Crippen molar-refractivity contribution in [3.8, 4) is 0 Å². The molecule has 2 N–H and O–H groups in total. The van der Waals surface area contributed by atoms with E-state index < -0.39 is 11.7 Å². The average Bonchev–Trinajstić information content (AvgIpc) is 2.42. The first kappa shape index (κ1) is 17.1. The van der Waals surface area contributed by atoms with E-state index in [2.05, 4.69) is 12.2 Å². The molecule has 1 heterocycles. The first-order chi connectivity index (χ1) is 10.3. The zero-order chi connectivity index (χ0) is 16.3. The first-order valence-electron chi connectivity index (χ1n) is 7.26. The van der Waals surface area contributed by atoms with Gasteiger partial charge in [-0.3, -0.25) is 4.79 Å². The van der Waals surface area contributed by atoms with Crippen molar-refractivity contribution in [2.75, 3.05) is 25.0 Å². The predicted molar refractivity (Wildman–Crippen MR) is 79.0 cm³/mol. The van der Waals surface area contributed by atoms with Gasteiger partial charge in [0.05, 0.1) is 23.7 Å². The van der Waals surface area contributed by atoms with Gasteiger partial charge in [-0.15, -0.1) is 0 Å². The molecule has 1 aromatic carbocycles. The molecule has 1 aliphatic rings. The molecule has 0 saturated carbocycles. The molecule has 1 aromatic rings. The lowest BCUT2D eigenvalue weighted by molar-refractivity contribution is -0.897. The van der Waals surface area contributed by atoms with Crippen molar-refractivity contribution in [1.29, 1.82) is 0 Å². The summed E-state index contributed by atoms with van der Waals surface area (Å²) < 4.78 is 38.3. The Morgan fingerprint density at radius 3 is 2.59 bits per heavy atom. The summed E-state index contributed by atoms with van der Waals surface area (Å²) in [5.74, 6) is 0.400. The third kappa shape index (κ3) is 4.61. The van der Waals surface area contributed by atoms with Gasteiger partial charge >= 0.3 is 6.18 Å². The summed E-state index contributed by atoms with van der Waals surface area (Å²) in [5, 5.41) is 2.15. The van der Waals surface area contributed by atoms with Crippen LogP contribution in [0, 0.1) is 5.92 Å². The zero-order valence-corrected chi connectivity index (χ0v) is 13.0. The van der Waals surface area contributed by atoms with Crippen LogP contribution in [0.1, 0.15) is 25.3 Å². The lowest BCUT2D eigenvalue weighted by Gasteiger charge is -2.26. The Labute approximate surface area is 132 Å². The smallest absolute Gasteiger partial charge is 0.327 e. The Morgan fingerprint density at radius 2 is 2.00 bits per heavy atom. The third-order valence-corrected chi connectivity index (χ3v) is 4.28. The van der Waals surface area contributed by atoms with Crippen molar-refractivity contribution in [3.05, 3.63) is 28.8 Å². The van der Waals surface area contributed by atoms with Crippen molar-refractivity contribution in [3.63, 3.8) is 0 Å². The highest BCUT2D eigenvalue weighted by atomic mass is 35.5. The normalized spacial score (nSPS) is 22.4. The van der Waals surface area contributed by atoms with E-state index in [4.69, 9.17) is 11.6 Å². The molecule has 22 heavy (non-hydrogen) atoms. The SMILES string of the molecule is CC1CC[NH+](CC(=O)Nc2ccc(Cl)c(C(F)(F)F)c2)CC1. The fraction of sp³-hybridized carbons (Fsp3) is 0.533. The van der Waals surface area contributed by atoms with Gasteiger partial charge in [0.1, 0.15) is 0 Å². The van der Waals surface area contributed by atoms with E-state index in [1.807, 2.05) is 0 Å². The lowest BCUT2D eigenvalue weighted by Crippen LogP contribution is -3.14. The number of piperidine rings is 1. The molecule has 0 unspecified atom stereocenters. The van der Waals surface area contributed by atoms with E-state index in [-0.39, 0.29) is 23.2 Å². The minimum Gasteiger partial charge on any atom is -0.327 e. The van der Waals surface area contributed by atoms with Crippen LogP contribution in [0.15, 0.2) is 18.2 Å². The van der Waals surface area contributed by atoms with Gasteiger partial charge in [-0.2, -0.15) is 13.2 Å². The highest BCUT2D eigenvalue weighted by Crippen LogP contribution is 2.36. The van der Waals surface area contributed by atoms with Crippen LogP contribution in [0.2, 0.25) is 5.02 Å². The van der Waals surface area contributed by atoms with Crippen LogP contribution in [-0.2, 0) is 11.0 Å². The molecule has 0 bridgehead atoms. The molecule has 2 rings (SSSR count). The quantitative estimate of drug-likeness (QED) is 0.874. The minimum absolute atomic E-state index is 0.117. The van der Waals surface area contributed by atoms with Gasteiger partial charge in [-0.05, 0) is 37.0 Å². The second-order valence-corrected chi connectivity index (χ2v) is 6.26. The van der Waals surface area contributed by atoms with Gasteiger partial charge in [0.25, 0.3) is 5.91 Å². The summed E-state index contributed by atoms with van der Waals surface area (Å²) in [5.41, 5.74) is -0.822. The fourth-order valence-corrected chi connectivity index (χ4v) is 2.82. The molecule has 0 aromatic heterocycles. The number of carbonyl (C=O) groups excluding carboxylic acids is 1. The maximum absolute atomic E-state index is 12.8. The summed E-state index contributed by atoms with van der Waals surface area (Å²) in [4.78, 5) is 13.1. The summed E-state index contributed by atoms with van der Waals surface area (Å²) >= 11 is 5.55. The van der Waals surface area contributed by atoms with Crippen LogP contribution < -0.4 is 10.2 Å². The highest BCUT2D eigenvalue weighted by molar-refractivity contribution is 6.31. The molecule has 1 saturated heterocycles. The number of hydrogen-bond acceptors (Lipinski definition) is 1. The third-order valence-electron chi connectivity index (χ3n) is 3.95. The topological polar surface area (TPSA) is 33.5 Å². The van der Waals surface area contributed by atoms with E-state index in [1.54, 1.807) is 0 Å². The predicted octanol–water partition coefficient (Wildman–Crippen LogP) is 2.61. The molecule has 0 atom stereocenters. The summed E-state index contributed by atoms with van der Waals surface area (Å²) in [6, 6.07) is 3.40. The first-order valence-corrected chi connectivity index (χ1v) is 7.63. The number of likely N-dealkylation sites (tertiary alicyclic amines) is 1. The fourth-order valence-electron chi connectivity index (χ4n) is 2.60. The number of anilines is 1. The van der Waals surface area contributed by atoms with Crippen LogP contribution in [0.5, 0.6) is 0 Å². The van der Waals surface area contributed by atoms with Gasteiger partial charge in [-0.1, -0.05) is 18.5 Å². The Bertz CT molecular complexity index is 540. The van der Waals surface area contributed by atoms with E-state index in [1.165, 1.54) is 11.0 Å². The van der Waals surface area contributed by atoms with Crippen molar-refractivity contribution in [2.24, 2.45) is 5.92 Å². The molecule has 1 fully saturated rings. The Morgan fingerprint density at radius 1 is 1.36 bits per heavy atom. The zero-order valence-electron chi connectivity index (χ0n) is 12.3. The second kappa shape index (κ2) is 6.87. The number of amides is 1. The minimum atomic E-state index is -4.54. The van der Waals surface area contributed by atoms with E-state index in [0.29, 0.717) is 5.92 Å². The van der Waals surface area contributed by atoms with Gasteiger partial charge in [0.15, 0.2) is 6.54 Å². The Kier molecular flexibility index (Phi) is 5.34. The van der Waals surface area contributed by atoms with Crippen molar-refractivity contribution in [1.82, 2.24) is 0 Å². The van der Waals surface area contributed by atoms with Gasteiger partial charge in [0.2, 0.25) is 0 Å². The molecular formula is C15H19ClF3N2O+. The maximum atomic E-state index is 12.8. The second-order valence-electron chi connectivity index (χ2n) is 5.85. The van der Waals surface area contributed by atoms with Gasteiger partial charge < -0.3 is 10.2 Å². The van der Waals surface area contributed by atoms with Crippen LogP contribution >= 0.6 is 11.6 Å². The molecule has 3 nitrogen and oxygen atoms in total. The van der Waals surface area contributed by atoms with Crippen molar-refractivity contribution >= 4 is 23.2 Å². The number of hydrogen-bond donors (Lipinski definition) is 2. The number of benzene rings is 1. The number of nitrogens with one attached hydrogen (secondary N) is 2. The van der Waals surface area contributed by atoms with Gasteiger partial charge in [0, 0.05) is 5.69 Å². The van der Waals surface area contributed by atoms with Crippen molar-refractivity contribution < 1.29 is 22.9 Å². The van der Waals surface area contributed by atoms with E-state index in [0.717, 1.165) is 38.1 Å². The lowest BCUT2D eigenvalue weighted by atomic mass is 9.99. The summed E-state index contributed by atoms with van der Waals surface area (Å²) in [6.45, 7) is 4.30. The van der Waals surface area contributed by atoms with Crippen molar-refractivity contribution in [2.45, 2.75) is 25.9 Å². The largest absolute Gasteiger partial charge is 0.417 e. The molecule has 0 spiro atoms. The molecule has 1 amide bonds. The number of halogens is 4. The van der Waals surface area contributed by atoms with E-state index in [9.17, 15) is 18.0 Å². The average molecular weight is 336 g/mol. The summed E-state index contributed by atoms with van der Waals surface area (Å²) in [7, 11) is 0. The number of alkyl halides is 3. The Hall–Kier alpha value is -1.27. The van der Waals surface area contributed by atoms with Gasteiger partial charge in [-0.25, -0.2) is 0 Å². The number of quaternary nitrogens is 1. The number of carbonyl (C=O) groups is 1. The van der Waals surface area contributed by atoms with Crippen LogP contribution in [0.25, 0.3) is 0 Å². The molecule has 0 radical (unpaired) electrons. The number of rotatable bonds is 3. The monoisotopic (exact) mass is 335 g/mol. The Balaban J connectivity index is 1.97. The van der Waals surface area contributed by atoms with Crippen LogP contribution in [0.3, 0.4) is 0 Å². The molecular weight excluding hydrogens is 317 g/mol. The summed E-state index contributed by atoms with van der Waals surface area (Å²) in [6.07, 6.45) is -2.39.